The number of benzene rings is 3. The van der Waals surface area contributed by atoms with Crippen molar-refractivity contribution >= 4 is 27.7 Å². The fraction of sp³-hybridized carbons (Fsp3) is 0.310. The van der Waals surface area contributed by atoms with Gasteiger partial charge in [0.05, 0.1) is 6.42 Å². The Bertz CT molecular complexity index is 1130. The lowest BCUT2D eigenvalue weighted by Gasteiger charge is -2.32. The fourth-order valence-corrected chi connectivity index (χ4v) is 4.40. The van der Waals surface area contributed by atoms with Gasteiger partial charge in [0.1, 0.15) is 6.04 Å². The molecule has 0 saturated heterocycles. The van der Waals surface area contributed by atoms with Crippen LogP contribution in [0.25, 0.3) is 0 Å². The van der Waals surface area contributed by atoms with Gasteiger partial charge in [-0.1, -0.05) is 76.6 Å². The Morgan fingerprint density at radius 2 is 1.56 bits per heavy atom. The summed E-state index contributed by atoms with van der Waals surface area (Å²) in [5, 5.41) is 3.03. The van der Waals surface area contributed by atoms with Crippen LogP contribution in [0.5, 0.6) is 0 Å². The van der Waals surface area contributed by atoms with Gasteiger partial charge >= 0.3 is 0 Å². The summed E-state index contributed by atoms with van der Waals surface area (Å²) in [5.41, 5.74) is 5.29. The van der Waals surface area contributed by atoms with Crippen molar-refractivity contribution in [2.24, 2.45) is 0 Å². The molecular weight excluding hydrogens is 488 g/mol. The van der Waals surface area contributed by atoms with Gasteiger partial charge in [-0.15, -0.1) is 0 Å². The van der Waals surface area contributed by atoms with Crippen LogP contribution in [0.4, 0.5) is 0 Å². The molecule has 3 aromatic rings. The van der Waals surface area contributed by atoms with Gasteiger partial charge < -0.3 is 10.2 Å². The first-order valence-corrected chi connectivity index (χ1v) is 12.5. The third-order valence-corrected chi connectivity index (χ3v) is 6.36. The van der Waals surface area contributed by atoms with Crippen molar-refractivity contribution in [1.82, 2.24) is 10.2 Å². The van der Waals surface area contributed by atoms with Gasteiger partial charge in [-0.25, -0.2) is 0 Å². The first-order valence-electron chi connectivity index (χ1n) is 11.7. The second-order valence-corrected chi connectivity index (χ2v) is 10.0. The molecule has 3 rings (SSSR count). The Morgan fingerprint density at radius 1 is 0.853 bits per heavy atom. The van der Waals surface area contributed by atoms with Crippen LogP contribution in [0.3, 0.4) is 0 Å². The first-order chi connectivity index (χ1) is 16.2. The summed E-state index contributed by atoms with van der Waals surface area (Å²) in [5.74, 6) is -0.203. The van der Waals surface area contributed by atoms with Gasteiger partial charge in [0.15, 0.2) is 0 Å². The van der Waals surface area contributed by atoms with Crippen molar-refractivity contribution in [3.8, 4) is 0 Å². The number of rotatable bonds is 9. The van der Waals surface area contributed by atoms with E-state index >= 15 is 0 Å². The van der Waals surface area contributed by atoms with Crippen LogP contribution in [-0.2, 0) is 29.0 Å². The maximum absolute atomic E-state index is 13.8. The maximum atomic E-state index is 13.8. The Morgan fingerprint density at radius 3 is 2.21 bits per heavy atom. The fourth-order valence-electron chi connectivity index (χ4n) is 3.96. The SMILES string of the molecule is Cc1ccc(CC(=O)N(Cc2cccc(Br)c2)[C@@H](Cc2ccccc2)C(=O)NC(C)C)cc1C. The molecule has 0 bridgehead atoms. The third kappa shape index (κ3) is 7.29. The van der Waals surface area contributed by atoms with E-state index in [0.29, 0.717) is 13.0 Å². The first kappa shape index (κ1) is 25.7. The molecule has 1 atom stereocenters. The molecule has 0 radical (unpaired) electrons. The Hall–Kier alpha value is -2.92. The highest BCUT2D eigenvalue weighted by atomic mass is 79.9. The number of amides is 2. The van der Waals surface area contributed by atoms with Crippen LogP contribution in [0.1, 0.15) is 41.7 Å². The quantitative estimate of drug-likeness (QED) is 0.389. The van der Waals surface area contributed by atoms with E-state index in [1.165, 1.54) is 5.56 Å². The predicted octanol–water partition coefficient (Wildman–Crippen LogP) is 5.77. The molecule has 178 valence electrons. The van der Waals surface area contributed by atoms with Gasteiger partial charge in [0.25, 0.3) is 0 Å². The molecule has 0 aromatic heterocycles. The van der Waals surface area contributed by atoms with E-state index in [9.17, 15) is 9.59 Å². The maximum Gasteiger partial charge on any atom is 0.243 e. The average molecular weight is 521 g/mol. The summed E-state index contributed by atoms with van der Waals surface area (Å²) in [6.45, 7) is 8.34. The number of halogens is 1. The van der Waals surface area contributed by atoms with Crippen LogP contribution in [-0.4, -0.2) is 28.8 Å². The summed E-state index contributed by atoms with van der Waals surface area (Å²) in [6.07, 6.45) is 0.696. The minimum absolute atomic E-state index is 0.0201. The molecule has 0 aliphatic carbocycles. The standard InChI is InChI=1S/C29H33BrN2O2/c1-20(2)31-29(34)27(17-23-9-6-5-7-10-23)32(19-25-11-8-12-26(30)16-25)28(33)18-24-14-13-21(3)22(4)15-24/h5-16,20,27H,17-19H2,1-4H3,(H,31,34)/t27-/m0/s1. The largest absolute Gasteiger partial charge is 0.352 e. The van der Waals surface area contributed by atoms with Crippen LogP contribution >= 0.6 is 15.9 Å². The number of aryl methyl sites for hydroxylation is 2. The van der Waals surface area contributed by atoms with Gasteiger partial charge in [-0.2, -0.15) is 0 Å². The normalized spacial score (nSPS) is 11.8. The summed E-state index contributed by atoms with van der Waals surface area (Å²) in [4.78, 5) is 28.9. The monoisotopic (exact) mass is 520 g/mol. The molecule has 0 unspecified atom stereocenters. The predicted molar refractivity (Wildman–Crippen MR) is 142 cm³/mol. The van der Waals surface area contributed by atoms with E-state index in [-0.39, 0.29) is 24.3 Å². The topological polar surface area (TPSA) is 49.4 Å². The van der Waals surface area contributed by atoms with Gasteiger partial charge in [-0.3, -0.25) is 9.59 Å². The number of nitrogens with zero attached hydrogens (tertiary/aromatic N) is 1. The van der Waals surface area contributed by atoms with Crippen molar-refractivity contribution in [1.29, 1.82) is 0 Å². The van der Waals surface area contributed by atoms with Crippen LogP contribution in [0.2, 0.25) is 0 Å². The average Bonchev–Trinajstić information content (AvgIpc) is 2.79. The van der Waals surface area contributed by atoms with Gasteiger partial charge in [-0.05, 0) is 67.6 Å². The molecule has 0 aliphatic heterocycles. The summed E-state index contributed by atoms with van der Waals surface area (Å²) >= 11 is 3.53. The number of hydrogen-bond donors (Lipinski definition) is 1. The Balaban J connectivity index is 1.98. The summed E-state index contributed by atoms with van der Waals surface area (Å²) in [7, 11) is 0. The number of carbonyl (C=O) groups is 2. The van der Waals surface area contributed by atoms with E-state index < -0.39 is 6.04 Å². The van der Waals surface area contributed by atoms with Crippen molar-refractivity contribution in [2.45, 2.75) is 59.2 Å². The molecule has 4 nitrogen and oxygen atoms in total. The Kier molecular flexibility index (Phi) is 9.05. The number of hydrogen-bond acceptors (Lipinski definition) is 2. The van der Waals surface area contributed by atoms with Crippen LogP contribution < -0.4 is 5.32 Å². The molecule has 0 fully saturated rings. The molecular formula is C29H33BrN2O2. The van der Waals surface area contributed by atoms with Crippen molar-refractivity contribution in [2.75, 3.05) is 0 Å². The highest BCUT2D eigenvalue weighted by Crippen LogP contribution is 2.20. The zero-order chi connectivity index (χ0) is 24.7. The van der Waals surface area contributed by atoms with Crippen molar-refractivity contribution in [3.63, 3.8) is 0 Å². The summed E-state index contributed by atoms with van der Waals surface area (Å²) in [6, 6.07) is 23.2. The van der Waals surface area contributed by atoms with Crippen LogP contribution in [0, 0.1) is 13.8 Å². The minimum atomic E-state index is -0.622. The lowest BCUT2D eigenvalue weighted by atomic mass is 10.00. The molecule has 5 heteroatoms. The number of carbonyl (C=O) groups excluding carboxylic acids is 2. The van der Waals surface area contributed by atoms with Crippen molar-refractivity contribution in [3.05, 3.63) is 105 Å². The number of nitrogens with one attached hydrogen (secondary N) is 1. The van der Waals surface area contributed by atoms with Crippen molar-refractivity contribution < 1.29 is 9.59 Å². The highest BCUT2D eigenvalue weighted by Gasteiger charge is 2.30. The van der Waals surface area contributed by atoms with E-state index in [2.05, 4.69) is 41.2 Å². The molecule has 0 aliphatic rings. The van der Waals surface area contributed by atoms with Gasteiger partial charge in [0.2, 0.25) is 11.8 Å². The molecule has 0 saturated carbocycles. The van der Waals surface area contributed by atoms with Gasteiger partial charge in [0, 0.05) is 23.5 Å². The minimum Gasteiger partial charge on any atom is -0.352 e. The summed E-state index contributed by atoms with van der Waals surface area (Å²) < 4.78 is 0.942. The highest BCUT2D eigenvalue weighted by molar-refractivity contribution is 9.10. The molecule has 1 N–H and O–H groups in total. The van der Waals surface area contributed by atoms with E-state index in [1.54, 1.807) is 4.90 Å². The molecule has 0 heterocycles. The molecule has 34 heavy (non-hydrogen) atoms. The van der Waals surface area contributed by atoms with Crippen LogP contribution in [0.15, 0.2) is 77.3 Å². The second kappa shape index (κ2) is 12.0. The third-order valence-electron chi connectivity index (χ3n) is 5.87. The zero-order valence-corrected chi connectivity index (χ0v) is 21.9. The lowest BCUT2D eigenvalue weighted by Crippen LogP contribution is -2.52. The molecule has 2 amide bonds. The molecule has 3 aromatic carbocycles. The van der Waals surface area contributed by atoms with E-state index in [4.69, 9.17) is 0 Å². The zero-order valence-electron chi connectivity index (χ0n) is 20.3. The second-order valence-electron chi connectivity index (χ2n) is 9.12. The lowest BCUT2D eigenvalue weighted by molar-refractivity contribution is -0.141. The molecule has 0 spiro atoms. The Labute approximate surface area is 211 Å². The smallest absolute Gasteiger partial charge is 0.243 e. The van der Waals surface area contributed by atoms with E-state index in [1.807, 2.05) is 80.6 Å². The van der Waals surface area contributed by atoms with E-state index in [0.717, 1.165) is 26.7 Å².